The normalized spacial score (nSPS) is 15.1. The molecule has 1 aromatic rings. The van der Waals surface area contributed by atoms with E-state index in [0.717, 1.165) is 29.1 Å². The average Bonchev–Trinajstić information content (AvgIpc) is 2.52. The third-order valence-electron chi connectivity index (χ3n) is 3.09. The van der Waals surface area contributed by atoms with Crippen LogP contribution in [-0.2, 0) is 0 Å². The average molecular weight is 499 g/mol. The van der Waals surface area contributed by atoms with E-state index in [1.54, 1.807) is 12.1 Å². The number of hydrogen-bond donors (Lipinski definition) is 2. The molecule has 0 saturated carbocycles. The van der Waals surface area contributed by atoms with E-state index in [-0.39, 0.29) is 29.9 Å². The number of aliphatic imine (C=N–C) groups is 1. The predicted molar refractivity (Wildman–Crippen MR) is 107 cm³/mol. The monoisotopic (exact) mass is 498 g/mol. The summed E-state index contributed by atoms with van der Waals surface area (Å²) >= 11 is 5.28. The van der Waals surface area contributed by atoms with Gasteiger partial charge in [0.05, 0.1) is 6.54 Å². The van der Waals surface area contributed by atoms with Gasteiger partial charge in [-0.1, -0.05) is 22.0 Å². The first-order valence-corrected chi connectivity index (χ1v) is 8.78. The zero-order valence-electron chi connectivity index (χ0n) is 12.1. The fraction of sp³-hybridized carbons (Fsp3) is 0.429. The minimum Gasteiger partial charge on any atom is -0.370 e. The van der Waals surface area contributed by atoms with Crippen LogP contribution < -0.4 is 11.1 Å². The Morgan fingerprint density at radius 2 is 2.14 bits per heavy atom. The molecule has 1 fully saturated rings. The summed E-state index contributed by atoms with van der Waals surface area (Å²) in [5.74, 6) is 2.66. The molecule has 0 unspecified atom stereocenters. The summed E-state index contributed by atoms with van der Waals surface area (Å²) in [5.41, 5.74) is 6.58. The highest BCUT2D eigenvalue weighted by atomic mass is 127. The number of thioether (sulfide) groups is 1. The second kappa shape index (κ2) is 10.3. The molecule has 0 radical (unpaired) electrons. The molecule has 2 rings (SSSR count). The molecule has 1 amide bonds. The summed E-state index contributed by atoms with van der Waals surface area (Å²) in [6.45, 7) is 2.87. The van der Waals surface area contributed by atoms with Crippen LogP contribution in [0.25, 0.3) is 0 Å². The Morgan fingerprint density at radius 3 is 2.82 bits per heavy atom. The van der Waals surface area contributed by atoms with E-state index in [1.807, 2.05) is 23.9 Å². The van der Waals surface area contributed by atoms with Gasteiger partial charge >= 0.3 is 0 Å². The Bertz CT molecular complexity index is 523. The first-order chi connectivity index (χ1) is 10.2. The first kappa shape index (κ1) is 19.6. The van der Waals surface area contributed by atoms with Gasteiger partial charge < -0.3 is 16.0 Å². The number of nitrogens with zero attached hydrogens (tertiary/aromatic N) is 2. The van der Waals surface area contributed by atoms with Crippen molar-refractivity contribution >= 4 is 63.5 Å². The molecule has 1 aliphatic heterocycles. The molecule has 122 valence electrons. The van der Waals surface area contributed by atoms with Crippen LogP contribution in [0.5, 0.6) is 0 Å². The smallest absolute Gasteiger partial charge is 0.251 e. The van der Waals surface area contributed by atoms with Gasteiger partial charge in [-0.25, -0.2) is 0 Å². The molecule has 1 saturated heterocycles. The molecule has 1 aliphatic rings. The molecule has 5 nitrogen and oxygen atoms in total. The number of halogens is 2. The quantitative estimate of drug-likeness (QED) is 0.289. The molecule has 0 aliphatic carbocycles. The lowest BCUT2D eigenvalue weighted by molar-refractivity contribution is 0.0954. The molecular weight excluding hydrogens is 479 g/mol. The molecule has 0 atom stereocenters. The second-order valence-electron chi connectivity index (χ2n) is 4.61. The van der Waals surface area contributed by atoms with Gasteiger partial charge in [0.1, 0.15) is 0 Å². The van der Waals surface area contributed by atoms with Crippen LogP contribution in [0.3, 0.4) is 0 Å². The van der Waals surface area contributed by atoms with Crippen LogP contribution >= 0.6 is 51.7 Å². The van der Waals surface area contributed by atoms with Crippen LogP contribution in [0.15, 0.2) is 33.7 Å². The SMILES string of the molecule is I.NC(=NCCNC(=O)c1cccc(Br)c1)N1CCSCC1. The third-order valence-corrected chi connectivity index (χ3v) is 4.53. The van der Waals surface area contributed by atoms with Gasteiger partial charge in [0.15, 0.2) is 5.96 Å². The number of nitrogens with two attached hydrogens (primary N) is 1. The van der Waals surface area contributed by atoms with Crippen molar-refractivity contribution in [3.05, 3.63) is 34.3 Å². The van der Waals surface area contributed by atoms with Crippen molar-refractivity contribution in [3.63, 3.8) is 0 Å². The van der Waals surface area contributed by atoms with Gasteiger partial charge in [0.2, 0.25) is 0 Å². The maximum atomic E-state index is 11.9. The Hall–Kier alpha value is -0.480. The number of amides is 1. The molecule has 1 heterocycles. The van der Waals surface area contributed by atoms with Gasteiger partial charge in [-0.2, -0.15) is 11.8 Å². The summed E-state index contributed by atoms with van der Waals surface area (Å²) in [6, 6.07) is 7.30. The zero-order chi connectivity index (χ0) is 15.1. The molecule has 22 heavy (non-hydrogen) atoms. The molecular formula is C14H20BrIN4OS. The Labute approximate surface area is 160 Å². The van der Waals surface area contributed by atoms with Crippen molar-refractivity contribution in [3.8, 4) is 0 Å². The fourth-order valence-electron chi connectivity index (χ4n) is 1.96. The van der Waals surface area contributed by atoms with Gasteiger partial charge in [-0.05, 0) is 18.2 Å². The van der Waals surface area contributed by atoms with Crippen LogP contribution in [0.4, 0.5) is 0 Å². The third kappa shape index (κ3) is 6.33. The van der Waals surface area contributed by atoms with E-state index in [1.165, 1.54) is 0 Å². The molecule has 8 heteroatoms. The highest BCUT2D eigenvalue weighted by Gasteiger charge is 2.11. The highest BCUT2D eigenvalue weighted by Crippen LogP contribution is 2.11. The lowest BCUT2D eigenvalue weighted by Crippen LogP contribution is -2.43. The maximum Gasteiger partial charge on any atom is 0.251 e. The largest absolute Gasteiger partial charge is 0.370 e. The van der Waals surface area contributed by atoms with Gasteiger partial charge in [-0.3, -0.25) is 9.79 Å². The van der Waals surface area contributed by atoms with Crippen LogP contribution in [0.1, 0.15) is 10.4 Å². The topological polar surface area (TPSA) is 70.7 Å². The first-order valence-electron chi connectivity index (χ1n) is 6.83. The fourth-order valence-corrected chi connectivity index (χ4v) is 3.27. The summed E-state index contributed by atoms with van der Waals surface area (Å²) in [7, 11) is 0. The molecule has 0 spiro atoms. The van der Waals surface area contributed by atoms with E-state index in [4.69, 9.17) is 5.73 Å². The molecule has 3 N–H and O–H groups in total. The Kier molecular flexibility index (Phi) is 9.18. The number of carbonyl (C=O) groups is 1. The second-order valence-corrected chi connectivity index (χ2v) is 6.75. The van der Waals surface area contributed by atoms with E-state index < -0.39 is 0 Å². The van der Waals surface area contributed by atoms with Gasteiger partial charge in [0, 0.05) is 41.2 Å². The Balaban J connectivity index is 0.00000242. The molecule has 1 aromatic carbocycles. The van der Waals surface area contributed by atoms with Crippen molar-refractivity contribution < 1.29 is 4.79 Å². The van der Waals surface area contributed by atoms with Gasteiger partial charge in [0.25, 0.3) is 5.91 Å². The predicted octanol–water partition coefficient (Wildman–Crippen LogP) is 2.16. The van der Waals surface area contributed by atoms with E-state index in [0.29, 0.717) is 24.6 Å². The summed E-state index contributed by atoms with van der Waals surface area (Å²) < 4.78 is 0.889. The van der Waals surface area contributed by atoms with E-state index in [9.17, 15) is 4.79 Å². The molecule has 0 aromatic heterocycles. The number of hydrogen-bond acceptors (Lipinski definition) is 3. The Morgan fingerprint density at radius 1 is 1.41 bits per heavy atom. The van der Waals surface area contributed by atoms with Crippen LogP contribution in [-0.4, -0.2) is 54.5 Å². The maximum absolute atomic E-state index is 11.9. The van der Waals surface area contributed by atoms with Crippen LogP contribution in [0.2, 0.25) is 0 Å². The minimum atomic E-state index is -0.0977. The van der Waals surface area contributed by atoms with E-state index >= 15 is 0 Å². The van der Waals surface area contributed by atoms with E-state index in [2.05, 4.69) is 31.1 Å². The summed E-state index contributed by atoms with van der Waals surface area (Å²) in [4.78, 5) is 18.3. The zero-order valence-corrected chi connectivity index (χ0v) is 16.9. The van der Waals surface area contributed by atoms with Crippen LogP contribution in [0, 0.1) is 0 Å². The van der Waals surface area contributed by atoms with Crippen molar-refractivity contribution in [1.82, 2.24) is 10.2 Å². The minimum absolute atomic E-state index is 0. The number of nitrogens with one attached hydrogen (secondary N) is 1. The number of rotatable bonds is 4. The number of carbonyl (C=O) groups excluding carboxylic acids is 1. The standard InChI is InChI=1S/C14H19BrN4OS.HI/c15-12-3-1-2-11(10-12)13(20)17-4-5-18-14(16)19-6-8-21-9-7-19;/h1-3,10H,4-9H2,(H2,16,18)(H,17,20);1H. The highest BCUT2D eigenvalue weighted by molar-refractivity contribution is 14.0. The van der Waals surface area contributed by atoms with Crippen molar-refractivity contribution in [2.24, 2.45) is 10.7 Å². The van der Waals surface area contributed by atoms with Gasteiger partial charge in [-0.15, -0.1) is 24.0 Å². The summed E-state index contributed by atoms with van der Waals surface area (Å²) in [5, 5.41) is 2.84. The van der Waals surface area contributed by atoms with Crippen molar-refractivity contribution in [1.29, 1.82) is 0 Å². The lowest BCUT2D eigenvalue weighted by atomic mass is 10.2. The lowest BCUT2D eigenvalue weighted by Gasteiger charge is -2.27. The summed E-state index contributed by atoms with van der Waals surface area (Å²) in [6.07, 6.45) is 0. The molecule has 0 bridgehead atoms. The van der Waals surface area contributed by atoms with Crippen molar-refractivity contribution in [2.75, 3.05) is 37.7 Å². The number of guanidine groups is 1. The van der Waals surface area contributed by atoms with Crippen molar-refractivity contribution in [2.45, 2.75) is 0 Å². The number of benzene rings is 1.